The van der Waals surface area contributed by atoms with Gasteiger partial charge in [-0.2, -0.15) is 0 Å². The zero-order chi connectivity index (χ0) is 18.2. The molecule has 2 N–H and O–H groups in total. The van der Waals surface area contributed by atoms with Crippen molar-refractivity contribution in [3.05, 3.63) is 58.6 Å². The van der Waals surface area contributed by atoms with Crippen LogP contribution < -0.4 is 15.8 Å². The lowest BCUT2D eigenvalue weighted by atomic mass is 10.2. The number of sulfonamides is 1. The smallest absolute Gasteiger partial charge is 0.408 e. The number of benzene rings is 2. The molecule has 1 amide bonds. The number of carbonyl (C=O) groups is 1. The molecule has 1 heterocycles. The van der Waals surface area contributed by atoms with E-state index in [0.717, 1.165) is 0 Å². The van der Waals surface area contributed by atoms with Gasteiger partial charge in [0.1, 0.15) is 0 Å². The second-order valence-corrected chi connectivity index (χ2v) is 7.00. The summed E-state index contributed by atoms with van der Waals surface area (Å²) in [6.45, 7) is 0. The van der Waals surface area contributed by atoms with Gasteiger partial charge in [-0.25, -0.2) is 13.2 Å². The molecule has 0 radical (unpaired) electrons. The third kappa shape index (κ3) is 3.13. The zero-order valence-electron chi connectivity index (χ0n) is 13.4. The van der Waals surface area contributed by atoms with E-state index in [1.165, 1.54) is 61.1 Å². The van der Waals surface area contributed by atoms with E-state index in [1.807, 2.05) is 0 Å². The number of fused-ring (bicyclic) bond motifs is 1. The van der Waals surface area contributed by atoms with Gasteiger partial charge in [0.05, 0.1) is 10.4 Å². The van der Waals surface area contributed by atoms with Crippen LogP contribution in [0.4, 0.5) is 5.69 Å². The molecule has 3 rings (SSSR count). The van der Waals surface area contributed by atoms with Crippen LogP contribution in [0, 0.1) is 0 Å². The van der Waals surface area contributed by atoms with Crippen molar-refractivity contribution in [1.82, 2.24) is 9.88 Å². The predicted molar refractivity (Wildman–Crippen MR) is 92.1 cm³/mol. The summed E-state index contributed by atoms with van der Waals surface area (Å²) in [5.41, 5.74) is 1.41. The largest absolute Gasteiger partial charge is 0.419 e. The highest BCUT2D eigenvalue weighted by molar-refractivity contribution is 7.92. The van der Waals surface area contributed by atoms with Gasteiger partial charge in [-0.05, 0) is 36.4 Å². The maximum Gasteiger partial charge on any atom is 0.419 e. The van der Waals surface area contributed by atoms with Crippen LogP contribution in [0.5, 0.6) is 0 Å². The SMILES string of the molecule is CNC(=O)c1ccc(NS(=O)(=O)c2ccc3c(c2)oc(=O)n3C)cc1. The van der Waals surface area contributed by atoms with Crippen LogP contribution in [-0.2, 0) is 17.1 Å². The van der Waals surface area contributed by atoms with E-state index in [2.05, 4.69) is 10.0 Å². The highest BCUT2D eigenvalue weighted by atomic mass is 32.2. The zero-order valence-corrected chi connectivity index (χ0v) is 14.3. The standard InChI is InChI=1S/C16H15N3O5S/c1-17-15(20)10-3-5-11(6-4-10)18-25(22,23)12-7-8-13-14(9-12)24-16(21)19(13)2/h3-9,18H,1-2H3,(H,17,20). The minimum atomic E-state index is -3.87. The van der Waals surface area contributed by atoms with Gasteiger partial charge in [0, 0.05) is 31.4 Å². The minimum Gasteiger partial charge on any atom is -0.408 e. The predicted octanol–water partition coefficient (Wildman–Crippen LogP) is 1.29. The van der Waals surface area contributed by atoms with Gasteiger partial charge in [-0.15, -0.1) is 0 Å². The Kier molecular flexibility index (Phi) is 4.09. The maximum absolute atomic E-state index is 12.5. The van der Waals surface area contributed by atoms with Crippen molar-refractivity contribution in [2.24, 2.45) is 7.05 Å². The molecule has 1 aromatic heterocycles. The first kappa shape index (κ1) is 16.8. The summed E-state index contributed by atoms with van der Waals surface area (Å²) in [7, 11) is -0.822. The second kappa shape index (κ2) is 6.10. The van der Waals surface area contributed by atoms with Crippen LogP contribution >= 0.6 is 0 Å². The molecule has 0 atom stereocenters. The molecule has 25 heavy (non-hydrogen) atoms. The molecule has 0 saturated heterocycles. The highest BCUT2D eigenvalue weighted by Gasteiger charge is 2.17. The Morgan fingerprint density at radius 2 is 1.80 bits per heavy atom. The van der Waals surface area contributed by atoms with Gasteiger partial charge >= 0.3 is 5.76 Å². The Hall–Kier alpha value is -3.07. The topological polar surface area (TPSA) is 110 Å². The number of aromatic nitrogens is 1. The number of hydrogen-bond acceptors (Lipinski definition) is 5. The van der Waals surface area contributed by atoms with Gasteiger partial charge in [0.2, 0.25) is 0 Å². The summed E-state index contributed by atoms with van der Waals surface area (Å²) in [5, 5.41) is 2.48. The summed E-state index contributed by atoms with van der Waals surface area (Å²) in [6, 6.07) is 10.2. The Labute approximate surface area is 143 Å². The summed E-state index contributed by atoms with van der Waals surface area (Å²) >= 11 is 0. The van der Waals surface area contributed by atoms with Gasteiger partial charge < -0.3 is 9.73 Å². The van der Waals surface area contributed by atoms with E-state index in [9.17, 15) is 18.0 Å². The van der Waals surface area contributed by atoms with Crippen molar-refractivity contribution in [2.75, 3.05) is 11.8 Å². The molecule has 2 aromatic carbocycles. The number of oxazole rings is 1. The first-order valence-corrected chi connectivity index (χ1v) is 8.75. The number of nitrogens with zero attached hydrogens (tertiary/aromatic N) is 1. The second-order valence-electron chi connectivity index (χ2n) is 5.32. The van der Waals surface area contributed by atoms with Crippen LogP contribution in [0.25, 0.3) is 11.1 Å². The number of amides is 1. The summed E-state index contributed by atoms with van der Waals surface area (Å²) < 4.78 is 33.7. The monoisotopic (exact) mass is 361 g/mol. The molecule has 130 valence electrons. The third-order valence-corrected chi connectivity index (χ3v) is 5.08. The van der Waals surface area contributed by atoms with Crippen molar-refractivity contribution >= 4 is 32.7 Å². The summed E-state index contributed by atoms with van der Waals surface area (Å²) in [4.78, 5) is 23.0. The molecular weight excluding hydrogens is 346 g/mol. The van der Waals surface area contributed by atoms with Crippen LogP contribution in [0.3, 0.4) is 0 Å². The number of anilines is 1. The number of nitrogens with one attached hydrogen (secondary N) is 2. The van der Waals surface area contributed by atoms with E-state index in [4.69, 9.17) is 4.42 Å². The fourth-order valence-electron chi connectivity index (χ4n) is 2.33. The van der Waals surface area contributed by atoms with E-state index in [-0.39, 0.29) is 16.4 Å². The lowest BCUT2D eigenvalue weighted by molar-refractivity contribution is 0.0963. The average Bonchev–Trinajstić information content (AvgIpc) is 2.88. The highest BCUT2D eigenvalue weighted by Crippen LogP contribution is 2.21. The van der Waals surface area contributed by atoms with Gasteiger partial charge in [-0.3, -0.25) is 14.1 Å². The third-order valence-electron chi connectivity index (χ3n) is 3.70. The van der Waals surface area contributed by atoms with Crippen molar-refractivity contribution < 1.29 is 17.6 Å². The van der Waals surface area contributed by atoms with Crippen LogP contribution in [0.15, 0.2) is 56.6 Å². The maximum atomic E-state index is 12.5. The number of aryl methyl sites for hydroxylation is 1. The number of carbonyl (C=O) groups excluding carboxylic acids is 1. The molecular formula is C16H15N3O5S. The van der Waals surface area contributed by atoms with E-state index in [1.54, 1.807) is 0 Å². The molecule has 0 aliphatic heterocycles. The molecule has 0 bridgehead atoms. The first-order chi connectivity index (χ1) is 11.8. The molecule has 0 aliphatic rings. The molecule has 3 aromatic rings. The van der Waals surface area contributed by atoms with Crippen molar-refractivity contribution in [1.29, 1.82) is 0 Å². The lowest BCUT2D eigenvalue weighted by Gasteiger charge is -2.08. The molecule has 0 spiro atoms. The normalized spacial score (nSPS) is 11.4. The molecule has 8 nitrogen and oxygen atoms in total. The van der Waals surface area contributed by atoms with Crippen molar-refractivity contribution in [3.8, 4) is 0 Å². The minimum absolute atomic E-state index is 0.0373. The Balaban J connectivity index is 1.91. The number of rotatable bonds is 4. The Bertz CT molecular complexity index is 1110. The van der Waals surface area contributed by atoms with E-state index < -0.39 is 15.8 Å². The fourth-order valence-corrected chi connectivity index (χ4v) is 3.40. The molecule has 0 aliphatic carbocycles. The Morgan fingerprint density at radius 3 is 2.44 bits per heavy atom. The first-order valence-electron chi connectivity index (χ1n) is 7.26. The van der Waals surface area contributed by atoms with Crippen LogP contribution in [-0.4, -0.2) is 25.9 Å². The van der Waals surface area contributed by atoms with E-state index in [0.29, 0.717) is 16.8 Å². The molecule has 0 fully saturated rings. The number of hydrogen-bond donors (Lipinski definition) is 2. The van der Waals surface area contributed by atoms with Gasteiger partial charge in [-0.1, -0.05) is 0 Å². The lowest BCUT2D eigenvalue weighted by Crippen LogP contribution is -2.18. The van der Waals surface area contributed by atoms with Crippen LogP contribution in [0.2, 0.25) is 0 Å². The summed E-state index contributed by atoms with van der Waals surface area (Å²) in [6.07, 6.45) is 0. The van der Waals surface area contributed by atoms with E-state index >= 15 is 0 Å². The quantitative estimate of drug-likeness (QED) is 0.728. The van der Waals surface area contributed by atoms with Crippen molar-refractivity contribution in [2.45, 2.75) is 4.90 Å². The Morgan fingerprint density at radius 1 is 1.12 bits per heavy atom. The van der Waals surface area contributed by atoms with Crippen LogP contribution in [0.1, 0.15) is 10.4 Å². The summed E-state index contributed by atoms with van der Waals surface area (Å²) in [5.74, 6) is -0.832. The molecule has 0 unspecified atom stereocenters. The van der Waals surface area contributed by atoms with Crippen molar-refractivity contribution in [3.63, 3.8) is 0 Å². The van der Waals surface area contributed by atoms with Gasteiger partial charge in [0.15, 0.2) is 5.58 Å². The van der Waals surface area contributed by atoms with Gasteiger partial charge in [0.25, 0.3) is 15.9 Å². The average molecular weight is 361 g/mol. The molecule has 0 saturated carbocycles. The molecule has 9 heteroatoms. The fraction of sp³-hybridized carbons (Fsp3) is 0.125.